The van der Waals surface area contributed by atoms with Crippen LogP contribution in [0.15, 0.2) is 12.1 Å². The molecule has 1 aromatic rings. The lowest BCUT2D eigenvalue weighted by molar-refractivity contribution is 0.160. The van der Waals surface area contributed by atoms with Crippen LogP contribution in [0.3, 0.4) is 0 Å². The number of fused-ring (bicyclic) bond motifs is 1. The minimum Gasteiger partial charge on any atom is -0.504 e. The Morgan fingerprint density at radius 2 is 2.07 bits per heavy atom. The van der Waals surface area contributed by atoms with Gasteiger partial charge in [-0.3, -0.25) is 0 Å². The summed E-state index contributed by atoms with van der Waals surface area (Å²) in [6, 6.07) is 3.42. The molecule has 0 saturated carbocycles. The third kappa shape index (κ3) is 1.98. The van der Waals surface area contributed by atoms with Gasteiger partial charge in [0.25, 0.3) is 0 Å². The molecule has 0 radical (unpaired) electrons. The van der Waals surface area contributed by atoms with Crippen molar-refractivity contribution in [2.45, 2.75) is 13.0 Å². The summed E-state index contributed by atoms with van der Waals surface area (Å²) < 4.78 is 10.8. The van der Waals surface area contributed by atoms with Crippen molar-refractivity contribution in [1.82, 2.24) is 5.48 Å². The number of hydrogen-bond donors (Lipinski definition) is 3. The standard InChI is InChI=1S/C10H13NO4/c12-9-7(6-11-13)2-3-8-10(9)15-5-1-4-14-8/h2-3,11-13H,1,4-6H2. The Morgan fingerprint density at radius 3 is 2.87 bits per heavy atom. The van der Waals surface area contributed by atoms with Gasteiger partial charge in [0.2, 0.25) is 5.75 Å². The number of rotatable bonds is 2. The van der Waals surface area contributed by atoms with Gasteiger partial charge in [-0.15, -0.1) is 0 Å². The normalized spacial score (nSPS) is 14.7. The van der Waals surface area contributed by atoms with E-state index in [1.807, 2.05) is 5.48 Å². The smallest absolute Gasteiger partial charge is 0.203 e. The monoisotopic (exact) mass is 211 g/mol. The minimum absolute atomic E-state index is 0.0240. The molecule has 1 heterocycles. The van der Waals surface area contributed by atoms with Gasteiger partial charge in [0.1, 0.15) is 0 Å². The van der Waals surface area contributed by atoms with Gasteiger partial charge in [0, 0.05) is 18.5 Å². The second-order valence-corrected chi connectivity index (χ2v) is 3.29. The van der Waals surface area contributed by atoms with Crippen LogP contribution < -0.4 is 15.0 Å². The van der Waals surface area contributed by atoms with E-state index in [0.29, 0.717) is 30.3 Å². The molecule has 1 aliphatic rings. The maximum absolute atomic E-state index is 9.83. The fraction of sp³-hybridized carbons (Fsp3) is 0.400. The molecular formula is C10H13NO4. The predicted molar refractivity (Wildman–Crippen MR) is 52.3 cm³/mol. The molecule has 0 fully saturated rings. The Bertz CT molecular complexity index is 354. The highest BCUT2D eigenvalue weighted by molar-refractivity contribution is 5.55. The van der Waals surface area contributed by atoms with Crippen molar-refractivity contribution in [3.63, 3.8) is 0 Å². The molecule has 3 N–H and O–H groups in total. The number of aromatic hydroxyl groups is 1. The SMILES string of the molecule is ONCc1ccc2c(c1O)OCCCO2. The first-order valence-electron chi connectivity index (χ1n) is 4.80. The Balaban J connectivity index is 2.36. The first kappa shape index (κ1) is 10.1. The summed E-state index contributed by atoms with van der Waals surface area (Å²) in [6.07, 6.45) is 0.793. The van der Waals surface area contributed by atoms with Crippen LogP contribution in [0, 0.1) is 0 Å². The average molecular weight is 211 g/mol. The molecule has 82 valence electrons. The lowest BCUT2D eigenvalue weighted by Gasteiger charge is -2.11. The first-order chi connectivity index (χ1) is 7.33. The van der Waals surface area contributed by atoms with E-state index in [1.165, 1.54) is 0 Å². The number of hydroxylamine groups is 1. The van der Waals surface area contributed by atoms with Crippen LogP contribution in [0.5, 0.6) is 17.2 Å². The third-order valence-corrected chi connectivity index (χ3v) is 2.24. The molecule has 1 aromatic carbocycles. The Morgan fingerprint density at radius 1 is 1.27 bits per heavy atom. The van der Waals surface area contributed by atoms with E-state index in [1.54, 1.807) is 12.1 Å². The van der Waals surface area contributed by atoms with E-state index < -0.39 is 0 Å². The van der Waals surface area contributed by atoms with Gasteiger partial charge in [-0.05, 0) is 12.1 Å². The van der Waals surface area contributed by atoms with Gasteiger partial charge in [0.15, 0.2) is 11.5 Å². The molecule has 0 atom stereocenters. The topological polar surface area (TPSA) is 71.0 Å². The molecule has 0 spiro atoms. The Hall–Kier alpha value is -1.46. The number of benzene rings is 1. The van der Waals surface area contributed by atoms with Gasteiger partial charge in [-0.1, -0.05) is 0 Å². The highest BCUT2D eigenvalue weighted by Gasteiger charge is 2.17. The Labute approximate surface area is 87.2 Å². The minimum atomic E-state index is 0.0240. The first-order valence-corrected chi connectivity index (χ1v) is 4.80. The van der Waals surface area contributed by atoms with Crippen LogP contribution in [0.4, 0.5) is 0 Å². The van der Waals surface area contributed by atoms with Crippen LogP contribution >= 0.6 is 0 Å². The van der Waals surface area contributed by atoms with Crippen molar-refractivity contribution in [3.8, 4) is 17.2 Å². The zero-order chi connectivity index (χ0) is 10.7. The molecule has 1 aliphatic heterocycles. The van der Waals surface area contributed by atoms with E-state index in [4.69, 9.17) is 14.7 Å². The number of hydrogen-bond acceptors (Lipinski definition) is 5. The second-order valence-electron chi connectivity index (χ2n) is 3.29. The van der Waals surface area contributed by atoms with Crippen molar-refractivity contribution < 1.29 is 19.8 Å². The third-order valence-electron chi connectivity index (χ3n) is 2.24. The molecular weight excluding hydrogens is 198 g/mol. The molecule has 5 nitrogen and oxygen atoms in total. The molecule has 0 saturated heterocycles. The molecule has 0 bridgehead atoms. The van der Waals surface area contributed by atoms with Gasteiger partial charge in [-0.2, -0.15) is 0 Å². The highest BCUT2D eigenvalue weighted by atomic mass is 16.5. The maximum atomic E-state index is 9.83. The van der Waals surface area contributed by atoms with Gasteiger partial charge in [0.05, 0.1) is 13.2 Å². The van der Waals surface area contributed by atoms with Gasteiger partial charge in [-0.25, -0.2) is 5.48 Å². The predicted octanol–water partition coefficient (Wildman–Crippen LogP) is 1.03. The summed E-state index contributed by atoms with van der Waals surface area (Å²) in [7, 11) is 0. The van der Waals surface area contributed by atoms with E-state index in [2.05, 4.69) is 0 Å². The van der Waals surface area contributed by atoms with Crippen molar-refractivity contribution in [2.24, 2.45) is 0 Å². The quantitative estimate of drug-likeness (QED) is 0.637. The Kier molecular flexibility index (Phi) is 2.94. The number of phenolic OH excluding ortho intramolecular Hbond substituents is 1. The lowest BCUT2D eigenvalue weighted by Crippen LogP contribution is -2.06. The summed E-state index contributed by atoms with van der Waals surface area (Å²) in [6.45, 7) is 1.28. The highest BCUT2D eigenvalue weighted by Crippen LogP contribution is 2.40. The van der Waals surface area contributed by atoms with Gasteiger partial charge < -0.3 is 19.8 Å². The molecule has 5 heteroatoms. The number of phenols is 1. The van der Waals surface area contributed by atoms with E-state index in [9.17, 15) is 5.11 Å². The van der Waals surface area contributed by atoms with Gasteiger partial charge >= 0.3 is 0 Å². The summed E-state index contributed by atoms with van der Waals surface area (Å²) in [5, 5.41) is 18.4. The van der Waals surface area contributed by atoms with Crippen LogP contribution in [0.25, 0.3) is 0 Å². The average Bonchev–Trinajstić information content (AvgIpc) is 2.48. The van der Waals surface area contributed by atoms with Crippen molar-refractivity contribution in [3.05, 3.63) is 17.7 Å². The fourth-order valence-electron chi connectivity index (χ4n) is 1.49. The van der Waals surface area contributed by atoms with Crippen molar-refractivity contribution in [2.75, 3.05) is 13.2 Å². The fourth-order valence-corrected chi connectivity index (χ4v) is 1.49. The van der Waals surface area contributed by atoms with Crippen LogP contribution in [-0.2, 0) is 6.54 Å². The maximum Gasteiger partial charge on any atom is 0.203 e. The van der Waals surface area contributed by atoms with E-state index >= 15 is 0 Å². The van der Waals surface area contributed by atoms with Crippen molar-refractivity contribution >= 4 is 0 Å². The van der Waals surface area contributed by atoms with Crippen LogP contribution in [-0.4, -0.2) is 23.5 Å². The van der Waals surface area contributed by atoms with Crippen molar-refractivity contribution in [1.29, 1.82) is 0 Å². The van der Waals surface area contributed by atoms with Crippen LogP contribution in [0.1, 0.15) is 12.0 Å². The number of ether oxygens (including phenoxy) is 2. The van der Waals surface area contributed by atoms with Crippen LogP contribution in [0.2, 0.25) is 0 Å². The molecule has 0 amide bonds. The molecule has 0 aliphatic carbocycles. The summed E-state index contributed by atoms with van der Waals surface area (Å²) >= 11 is 0. The molecule has 15 heavy (non-hydrogen) atoms. The number of nitrogens with one attached hydrogen (secondary N) is 1. The molecule has 0 aromatic heterocycles. The molecule has 0 unspecified atom stereocenters. The second kappa shape index (κ2) is 4.37. The summed E-state index contributed by atoms with van der Waals surface area (Å²) in [4.78, 5) is 0. The zero-order valence-electron chi connectivity index (χ0n) is 8.19. The molecule has 2 rings (SSSR count). The summed E-state index contributed by atoms with van der Waals surface area (Å²) in [5.74, 6) is 0.933. The zero-order valence-corrected chi connectivity index (χ0v) is 8.19. The van der Waals surface area contributed by atoms with E-state index in [-0.39, 0.29) is 12.3 Å². The summed E-state index contributed by atoms with van der Waals surface area (Å²) in [5.41, 5.74) is 2.56. The van der Waals surface area contributed by atoms with E-state index in [0.717, 1.165) is 6.42 Å². The lowest BCUT2D eigenvalue weighted by atomic mass is 10.1. The largest absolute Gasteiger partial charge is 0.504 e.